The van der Waals surface area contributed by atoms with Crippen molar-refractivity contribution in [2.24, 2.45) is 5.73 Å². The molecular weight excluding hydrogens is 213 g/mol. The maximum absolute atomic E-state index is 12.5. The molecule has 0 fully saturated rings. The Morgan fingerprint density at radius 3 is 2.60 bits per heavy atom. The number of hydrogen-bond acceptors (Lipinski definition) is 3. The first-order valence-electron chi connectivity index (χ1n) is 4.99. The molecule has 0 aliphatic carbocycles. The van der Waals surface area contributed by atoms with E-state index >= 15 is 0 Å². The molecule has 0 aliphatic rings. The van der Waals surface area contributed by atoms with Gasteiger partial charge in [-0.2, -0.15) is 11.8 Å². The van der Waals surface area contributed by atoms with Crippen molar-refractivity contribution in [1.82, 2.24) is 0 Å². The van der Waals surface area contributed by atoms with Gasteiger partial charge in [-0.25, -0.2) is 4.39 Å². The molecule has 0 aliphatic heterocycles. The highest BCUT2D eigenvalue weighted by Gasteiger charge is 1.94. The van der Waals surface area contributed by atoms with Gasteiger partial charge in [-0.1, -0.05) is 0 Å². The SMILES string of the molecule is NCCCSCCOc1ccc(F)cc1. The van der Waals surface area contributed by atoms with Crippen molar-refractivity contribution < 1.29 is 9.13 Å². The number of halogens is 1. The maximum atomic E-state index is 12.5. The third-order valence-corrected chi connectivity index (χ3v) is 2.84. The van der Waals surface area contributed by atoms with Crippen LogP contribution in [0.25, 0.3) is 0 Å². The first-order chi connectivity index (χ1) is 7.33. The lowest BCUT2D eigenvalue weighted by Crippen LogP contribution is -2.03. The lowest BCUT2D eigenvalue weighted by atomic mass is 10.3. The Bertz CT molecular complexity index is 266. The van der Waals surface area contributed by atoms with Gasteiger partial charge >= 0.3 is 0 Å². The summed E-state index contributed by atoms with van der Waals surface area (Å²) in [6.45, 7) is 1.40. The largest absolute Gasteiger partial charge is 0.493 e. The Hall–Kier alpha value is -0.740. The van der Waals surface area contributed by atoms with Gasteiger partial charge in [0.05, 0.1) is 6.61 Å². The van der Waals surface area contributed by atoms with Gasteiger partial charge in [0.15, 0.2) is 0 Å². The fourth-order valence-electron chi connectivity index (χ4n) is 1.04. The Balaban J connectivity index is 2.07. The highest BCUT2D eigenvalue weighted by atomic mass is 32.2. The second-order valence-corrected chi connectivity index (χ2v) is 4.28. The second-order valence-electron chi connectivity index (χ2n) is 3.06. The van der Waals surface area contributed by atoms with Gasteiger partial charge in [0, 0.05) is 5.75 Å². The molecule has 0 aromatic heterocycles. The molecule has 0 radical (unpaired) electrons. The number of hydrogen-bond donors (Lipinski definition) is 1. The standard InChI is InChI=1S/C11H16FNOS/c12-10-2-4-11(5-3-10)14-7-9-15-8-1-6-13/h2-5H,1,6-9,13H2. The van der Waals surface area contributed by atoms with E-state index in [2.05, 4.69) is 0 Å². The maximum Gasteiger partial charge on any atom is 0.123 e. The number of rotatable bonds is 7. The summed E-state index contributed by atoms with van der Waals surface area (Å²) in [5.74, 6) is 2.50. The molecule has 1 rings (SSSR count). The summed E-state index contributed by atoms with van der Waals surface area (Å²) >= 11 is 1.82. The molecule has 0 heterocycles. The summed E-state index contributed by atoms with van der Waals surface area (Å²) in [6.07, 6.45) is 1.04. The molecule has 2 nitrogen and oxygen atoms in total. The quantitative estimate of drug-likeness (QED) is 0.729. The first kappa shape index (κ1) is 12.3. The van der Waals surface area contributed by atoms with Crippen LogP contribution in [0.1, 0.15) is 6.42 Å². The van der Waals surface area contributed by atoms with Crippen LogP contribution in [-0.2, 0) is 0 Å². The van der Waals surface area contributed by atoms with Crippen LogP contribution < -0.4 is 10.5 Å². The van der Waals surface area contributed by atoms with E-state index in [1.54, 1.807) is 12.1 Å². The van der Waals surface area contributed by atoms with Crippen molar-refractivity contribution in [3.63, 3.8) is 0 Å². The third-order valence-electron chi connectivity index (χ3n) is 1.80. The smallest absolute Gasteiger partial charge is 0.123 e. The van der Waals surface area contributed by atoms with E-state index in [1.165, 1.54) is 12.1 Å². The molecule has 0 saturated heterocycles. The van der Waals surface area contributed by atoms with Crippen LogP contribution in [0.3, 0.4) is 0 Å². The molecule has 84 valence electrons. The van der Waals surface area contributed by atoms with Crippen LogP contribution in [0.15, 0.2) is 24.3 Å². The van der Waals surface area contributed by atoms with E-state index < -0.39 is 0 Å². The van der Waals surface area contributed by atoms with Crippen molar-refractivity contribution in [3.8, 4) is 5.75 Å². The van der Waals surface area contributed by atoms with Gasteiger partial charge in [0.2, 0.25) is 0 Å². The molecule has 0 bridgehead atoms. The molecule has 1 aromatic rings. The lowest BCUT2D eigenvalue weighted by molar-refractivity contribution is 0.343. The van der Waals surface area contributed by atoms with E-state index in [0.29, 0.717) is 6.61 Å². The summed E-state index contributed by atoms with van der Waals surface area (Å²) in [6, 6.07) is 6.08. The Kier molecular flexibility index (Phi) is 6.20. The predicted molar refractivity (Wildman–Crippen MR) is 62.9 cm³/mol. The fraction of sp³-hybridized carbons (Fsp3) is 0.455. The molecule has 2 N–H and O–H groups in total. The van der Waals surface area contributed by atoms with Gasteiger partial charge in [0.1, 0.15) is 11.6 Å². The van der Waals surface area contributed by atoms with Crippen LogP contribution >= 0.6 is 11.8 Å². The minimum atomic E-state index is -0.236. The minimum Gasteiger partial charge on any atom is -0.493 e. The lowest BCUT2D eigenvalue weighted by Gasteiger charge is -2.05. The van der Waals surface area contributed by atoms with E-state index in [0.717, 1.165) is 30.2 Å². The predicted octanol–water partition coefficient (Wildman–Crippen LogP) is 2.29. The van der Waals surface area contributed by atoms with Crippen molar-refractivity contribution >= 4 is 11.8 Å². The van der Waals surface area contributed by atoms with Crippen LogP contribution in [0, 0.1) is 5.82 Å². The van der Waals surface area contributed by atoms with Gasteiger partial charge in [0.25, 0.3) is 0 Å². The first-order valence-corrected chi connectivity index (χ1v) is 6.14. The third kappa shape index (κ3) is 5.64. The van der Waals surface area contributed by atoms with Crippen LogP contribution in [0.4, 0.5) is 4.39 Å². The summed E-state index contributed by atoms with van der Waals surface area (Å²) in [4.78, 5) is 0. The average molecular weight is 229 g/mol. The minimum absolute atomic E-state index is 0.236. The molecule has 0 amide bonds. The monoisotopic (exact) mass is 229 g/mol. The molecule has 0 spiro atoms. The fourth-order valence-corrected chi connectivity index (χ4v) is 1.81. The summed E-state index contributed by atoms with van der Waals surface area (Å²) in [5.41, 5.74) is 5.37. The van der Waals surface area contributed by atoms with Gasteiger partial charge in [-0.3, -0.25) is 0 Å². The zero-order valence-electron chi connectivity index (χ0n) is 8.62. The highest BCUT2D eigenvalue weighted by Crippen LogP contribution is 2.11. The number of thioether (sulfide) groups is 1. The molecular formula is C11H16FNOS. The molecule has 1 aromatic carbocycles. The van der Waals surface area contributed by atoms with E-state index in [9.17, 15) is 4.39 Å². The molecule has 15 heavy (non-hydrogen) atoms. The normalized spacial score (nSPS) is 10.3. The van der Waals surface area contributed by atoms with Crippen molar-refractivity contribution in [2.75, 3.05) is 24.7 Å². The summed E-state index contributed by atoms with van der Waals surface area (Å²) < 4.78 is 18.0. The molecule has 4 heteroatoms. The van der Waals surface area contributed by atoms with Gasteiger partial charge in [-0.05, 0) is 43.0 Å². The van der Waals surface area contributed by atoms with E-state index in [-0.39, 0.29) is 5.82 Å². The van der Waals surface area contributed by atoms with Crippen molar-refractivity contribution in [3.05, 3.63) is 30.1 Å². The number of ether oxygens (including phenoxy) is 1. The van der Waals surface area contributed by atoms with Crippen molar-refractivity contribution in [1.29, 1.82) is 0 Å². The Morgan fingerprint density at radius 2 is 1.93 bits per heavy atom. The summed E-state index contributed by atoms with van der Waals surface area (Å²) in [7, 11) is 0. The second kappa shape index (κ2) is 7.54. The average Bonchev–Trinajstić information content (AvgIpc) is 2.26. The molecule has 0 atom stereocenters. The number of benzene rings is 1. The number of nitrogens with two attached hydrogens (primary N) is 1. The van der Waals surface area contributed by atoms with Crippen LogP contribution in [-0.4, -0.2) is 24.7 Å². The molecule has 0 unspecified atom stereocenters. The Morgan fingerprint density at radius 1 is 1.20 bits per heavy atom. The van der Waals surface area contributed by atoms with Crippen LogP contribution in [0.2, 0.25) is 0 Å². The van der Waals surface area contributed by atoms with Gasteiger partial charge in [-0.15, -0.1) is 0 Å². The van der Waals surface area contributed by atoms with E-state index in [1.807, 2.05) is 11.8 Å². The highest BCUT2D eigenvalue weighted by molar-refractivity contribution is 7.99. The van der Waals surface area contributed by atoms with Gasteiger partial charge < -0.3 is 10.5 Å². The molecule has 0 saturated carbocycles. The van der Waals surface area contributed by atoms with Crippen LogP contribution in [0.5, 0.6) is 5.75 Å². The topological polar surface area (TPSA) is 35.2 Å². The Labute approximate surface area is 94.0 Å². The van der Waals surface area contributed by atoms with E-state index in [4.69, 9.17) is 10.5 Å². The summed E-state index contributed by atoms with van der Waals surface area (Å²) in [5, 5.41) is 0. The zero-order valence-corrected chi connectivity index (χ0v) is 9.43. The zero-order chi connectivity index (χ0) is 10.9. The van der Waals surface area contributed by atoms with Crippen molar-refractivity contribution in [2.45, 2.75) is 6.42 Å².